The standard InChI is InChI=1S/C12H11NO4S/c1-9(14)18-5-3-4-10-6-11(13(15)16)8-12(7-10)17-2/h6-8H,5H2,1-2H3. The Labute approximate surface area is 109 Å². The van der Waals surface area contributed by atoms with Crippen LogP contribution >= 0.6 is 11.8 Å². The second-order valence-electron chi connectivity index (χ2n) is 3.26. The second-order valence-corrected chi connectivity index (χ2v) is 4.41. The van der Waals surface area contributed by atoms with Crippen LogP contribution in [0.5, 0.6) is 5.75 Å². The van der Waals surface area contributed by atoms with Crippen LogP contribution in [0.1, 0.15) is 12.5 Å². The minimum absolute atomic E-state index is 0.0130. The molecule has 18 heavy (non-hydrogen) atoms. The van der Waals surface area contributed by atoms with Gasteiger partial charge in [0.25, 0.3) is 5.69 Å². The van der Waals surface area contributed by atoms with E-state index in [1.54, 1.807) is 6.07 Å². The van der Waals surface area contributed by atoms with Crippen molar-refractivity contribution in [1.82, 2.24) is 0 Å². The molecule has 0 aliphatic carbocycles. The van der Waals surface area contributed by atoms with E-state index in [0.717, 1.165) is 11.8 Å². The first kappa shape index (κ1) is 14.1. The van der Waals surface area contributed by atoms with Crippen molar-refractivity contribution in [2.45, 2.75) is 6.92 Å². The number of benzene rings is 1. The van der Waals surface area contributed by atoms with Crippen LogP contribution in [0, 0.1) is 22.0 Å². The first-order valence-electron chi connectivity index (χ1n) is 4.98. The summed E-state index contributed by atoms with van der Waals surface area (Å²) in [4.78, 5) is 20.9. The number of carbonyl (C=O) groups is 1. The molecule has 0 bridgehead atoms. The molecule has 0 atom stereocenters. The molecule has 0 radical (unpaired) electrons. The zero-order valence-electron chi connectivity index (χ0n) is 9.93. The average molecular weight is 265 g/mol. The Hall–Kier alpha value is -2.00. The molecule has 1 aromatic carbocycles. The lowest BCUT2D eigenvalue weighted by Crippen LogP contribution is -1.91. The predicted molar refractivity (Wildman–Crippen MR) is 69.7 cm³/mol. The highest BCUT2D eigenvalue weighted by atomic mass is 32.2. The fourth-order valence-electron chi connectivity index (χ4n) is 1.15. The number of methoxy groups -OCH3 is 1. The summed E-state index contributed by atoms with van der Waals surface area (Å²) in [5.74, 6) is 6.27. The highest BCUT2D eigenvalue weighted by Gasteiger charge is 2.08. The topological polar surface area (TPSA) is 69.4 Å². The highest BCUT2D eigenvalue weighted by molar-refractivity contribution is 8.13. The number of non-ortho nitro benzene ring substituents is 1. The molecular weight excluding hydrogens is 254 g/mol. The summed E-state index contributed by atoms with van der Waals surface area (Å²) in [6, 6.07) is 4.31. The highest BCUT2D eigenvalue weighted by Crippen LogP contribution is 2.21. The van der Waals surface area contributed by atoms with Gasteiger partial charge in [-0.3, -0.25) is 14.9 Å². The lowest BCUT2D eigenvalue weighted by molar-refractivity contribution is -0.384. The third-order valence-electron chi connectivity index (χ3n) is 1.92. The molecule has 0 N–H and O–H groups in total. The zero-order chi connectivity index (χ0) is 13.5. The Morgan fingerprint density at radius 2 is 2.22 bits per heavy atom. The van der Waals surface area contributed by atoms with Crippen molar-refractivity contribution in [2.75, 3.05) is 12.9 Å². The van der Waals surface area contributed by atoms with Crippen LogP contribution in [0.2, 0.25) is 0 Å². The molecule has 0 saturated carbocycles. The van der Waals surface area contributed by atoms with Crippen molar-refractivity contribution in [3.05, 3.63) is 33.9 Å². The molecule has 0 amide bonds. The summed E-state index contributed by atoms with van der Waals surface area (Å²) in [5.41, 5.74) is 0.420. The molecule has 0 heterocycles. The molecule has 0 fully saturated rings. The smallest absolute Gasteiger partial charge is 0.274 e. The van der Waals surface area contributed by atoms with Crippen LogP contribution in [-0.2, 0) is 4.79 Å². The van der Waals surface area contributed by atoms with Gasteiger partial charge in [-0.25, -0.2) is 0 Å². The van der Waals surface area contributed by atoms with Crippen LogP contribution in [0.15, 0.2) is 18.2 Å². The molecular formula is C12H11NO4S. The molecule has 0 aliphatic heterocycles. The van der Waals surface area contributed by atoms with Gasteiger partial charge in [0.2, 0.25) is 0 Å². The van der Waals surface area contributed by atoms with Gasteiger partial charge in [-0.2, -0.15) is 0 Å². The van der Waals surface area contributed by atoms with Gasteiger partial charge < -0.3 is 4.74 Å². The third kappa shape index (κ3) is 4.47. The number of nitro benzene ring substituents is 1. The fraction of sp³-hybridized carbons (Fsp3) is 0.250. The molecule has 5 nitrogen and oxygen atoms in total. The maximum absolute atomic E-state index is 10.7. The number of rotatable bonds is 3. The van der Waals surface area contributed by atoms with Crippen molar-refractivity contribution < 1.29 is 14.5 Å². The van der Waals surface area contributed by atoms with Gasteiger partial charge in [-0.05, 0) is 6.07 Å². The van der Waals surface area contributed by atoms with E-state index in [1.807, 2.05) is 0 Å². The number of nitrogens with zero attached hydrogens (tertiary/aromatic N) is 1. The van der Waals surface area contributed by atoms with Gasteiger partial charge in [-0.15, -0.1) is 0 Å². The summed E-state index contributed by atoms with van der Waals surface area (Å²) < 4.78 is 4.96. The summed E-state index contributed by atoms with van der Waals surface area (Å²) in [5, 5.41) is 10.7. The molecule has 94 valence electrons. The Morgan fingerprint density at radius 1 is 1.50 bits per heavy atom. The van der Waals surface area contributed by atoms with Gasteiger partial charge in [0, 0.05) is 18.6 Å². The molecule has 0 saturated heterocycles. The number of nitro groups is 1. The molecule has 6 heteroatoms. The third-order valence-corrected chi connectivity index (χ3v) is 2.61. The van der Waals surface area contributed by atoms with E-state index in [4.69, 9.17) is 4.74 Å². The SMILES string of the molecule is COc1cc(C#CCSC(C)=O)cc([N+](=O)[O-])c1. The minimum atomic E-state index is -0.502. The van der Waals surface area contributed by atoms with E-state index >= 15 is 0 Å². The van der Waals surface area contributed by atoms with Gasteiger partial charge in [0.15, 0.2) is 5.12 Å². The summed E-state index contributed by atoms with van der Waals surface area (Å²) in [6.07, 6.45) is 0. The monoisotopic (exact) mass is 265 g/mol. The summed E-state index contributed by atoms with van der Waals surface area (Å²) in [6.45, 7) is 1.46. The van der Waals surface area contributed by atoms with Crippen molar-refractivity contribution >= 4 is 22.6 Å². The molecule has 0 aromatic heterocycles. The quantitative estimate of drug-likeness (QED) is 0.476. The van der Waals surface area contributed by atoms with E-state index in [1.165, 1.54) is 26.2 Å². The van der Waals surface area contributed by atoms with Crippen molar-refractivity contribution in [1.29, 1.82) is 0 Å². The van der Waals surface area contributed by atoms with Crippen molar-refractivity contribution in [2.24, 2.45) is 0 Å². The Kier molecular flexibility index (Phi) is 5.21. The molecule has 0 spiro atoms. The van der Waals surface area contributed by atoms with E-state index in [9.17, 15) is 14.9 Å². The Morgan fingerprint density at radius 3 is 2.78 bits per heavy atom. The van der Waals surface area contributed by atoms with Gasteiger partial charge in [0.05, 0.1) is 23.9 Å². The summed E-state index contributed by atoms with van der Waals surface area (Å²) in [7, 11) is 1.43. The van der Waals surface area contributed by atoms with Gasteiger partial charge in [0.1, 0.15) is 5.75 Å². The number of carbonyl (C=O) groups excluding carboxylic acids is 1. The minimum Gasteiger partial charge on any atom is -0.496 e. The first-order valence-corrected chi connectivity index (χ1v) is 5.97. The number of hydrogen-bond acceptors (Lipinski definition) is 5. The van der Waals surface area contributed by atoms with Gasteiger partial charge in [-0.1, -0.05) is 23.6 Å². The predicted octanol–water partition coefficient (Wildman–Crippen LogP) is 2.23. The first-order chi connectivity index (χ1) is 8.52. The van der Waals surface area contributed by atoms with Crippen LogP contribution in [0.25, 0.3) is 0 Å². The maximum Gasteiger partial charge on any atom is 0.274 e. The lowest BCUT2D eigenvalue weighted by Gasteiger charge is -2.00. The van der Waals surface area contributed by atoms with Crippen molar-refractivity contribution in [3.63, 3.8) is 0 Å². The molecule has 1 aromatic rings. The van der Waals surface area contributed by atoms with Crippen molar-refractivity contribution in [3.8, 4) is 17.6 Å². The summed E-state index contributed by atoms with van der Waals surface area (Å²) >= 11 is 1.09. The van der Waals surface area contributed by atoms with Crippen LogP contribution in [-0.4, -0.2) is 22.9 Å². The molecule has 0 aliphatic rings. The fourth-order valence-corrected chi connectivity index (χ4v) is 1.50. The van der Waals surface area contributed by atoms with E-state index in [2.05, 4.69) is 11.8 Å². The second kappa shape index (κ2) is 6.67. The Bertz CT molecular complexity index is 531. The van der Waals surface area contributed by atoms with Crippen LogP contribution in [0.4, 0.5) is 5.69 Å². The number of thioether (sulfide) groups is 1. The largest absolute Gasteiger partial charge is 0.496 e. The molecule has 1 rings (SSSR count). The van der Waals surface area contributed by atoms with E-state index < -0.39 is 4.92 Å². The van der Waals surface area contributed by atoms with E-state index in [0.29, 0.717) is 17.1 Å². The van der Waals surface area contributed by atoms with Crippen LogP contribution in [0.3, 0.4) is 0 Å². The number of ether oxygens (including phenoxy) is 1. The van der Waals surface area contributed by atoms with Crippen LogP contribution < -0.4 is 4.74 Å². The van der Waals surface area contributed by atoms with E-state index in [-0.39, 0.29) is 10.8 Å². The van der Waals surface area contributed by atoms with Gasteiger partial charge >= 0.3 is 0 Å². The number of hydrogen-bond donors (Lipinski definition) is 0. The lowest BCUT2D eigenvalue weighted by atomic mass is 10.2. The zero-order valence-corrected chi connectivity index (χ0v) is 10.7. The molecule has 0 unspecified atom stereocenters. The maximum atomic E-state index is 10.7. The Balaban J connectivity index is 2.90. The normalized spacial score (nSPS) is 9.22. The average Bonchev–Trinajstić information content (AvgIpc) is 2.34.